The Morgan fingerprint density at radius 3 is 1.80 bits per heavy atom. The molecule has 0 unspecified atom stereocenters. The van der Waals surface area contributed by atoms with Crippen molar-refractivity contribution in [3.05, 3.63) is 59.2 Å². The molecule has 5 heteroatoms. The van der Waals surface area contributed by atoms with E-state index in [0.29, 0.717) is 0 Å². The van der Waals surface area contributed by atoms with Crippen molar-refractivity contribution in [3.8, 4) is 0 Å². The quantitative estimate of drug-likeness (QED) is 0.649. The molecule has 3 nitrogen and oxygen atoms in total. The molecule has 0 saturated heterocycles. The summed E-state index contributed by atoms with van der Waals surface area (Å²) >= 11 is 1.17. The molecule has 0 aliphatic heterocycles. The minimum atomic E-state index is -4.02. The number of hydrogen-bond acceptors (Lipinski definition) is 2. The molecule has 0 spiro atoms. The fraction of sp³-hybridized carbons (Fsp3) is 0.200. The van der Waals surface area contributed by atoms with Crippen LogP contribution >= 0.6 is 0 Å². The molecule has 0 aromatic heterocycles. The SMILES string of the molecule is Cc1ccc(C)[c]([Na])c1.Cc1ccc(S(=O)(=O)O)cc1. The molecule has 0 aliphatic rings. The van der Waals surface area contributed by atoms with Crippen molar-refractivity contribution in [2.75, 3.05) is 0 Å². The van der Waals surface area contributed by atoms with E-state index in [2.05, 4.69) is 32.0 Å². The molecule has 0 heterocycles. The zero-order valence-corrected chi connectivity index (χ0v) is 15.0. The van der Waals surface area contributed by atoms with E-state index in [1.165, 1.54) is 54.0 Å². The molecule has 102 valence electrons. The van der Waals surface area contributed by atoms with Gasteiger partial charge in [0, 0.05) is 0 Å². The van der Waals surface area contributed by atoms with E-state index >= 15 is 0 Å². The van der Waals surface area contributed by atoms with Crippen molar-refractivity contribution in [3.63, 3.8) is 0 Å². The minimum Gasteiger partial charge on any atom is -0.282 e. The maximum Gasteiger partial charge on any atom is 0.294 e. The molecule has 0 atom stereocenters. The molecular weight excluding hydrogens is 283 g/mol. The fourth-order valence-electron chi connectivity index (χ4n) is 1.60. The molecule has 0 radical (unpaired) electrons. The summed E-state index contributed by atoms with van der Waals surface area (Å²) in [6.07, 6.45) is 0. The zero-order chi connectivity index (χ0) is 15.3. The molecule has 2 rings (SSSR count). The first-order valence-corrected chi connectivity index (χ1v) is 8.72. The van der Waals surface area contributed by atoms with Gasteiger partial charge in [-0.15, -0.1) is 0 Å². The second-order valence-corrected chi connectivity index (χ2v) is 7.37. The van der Waals surface area contributed by atoms with Crippen molar-refractivity contribution < 1.29 is 13.0 Å². The van der Waals surface area contributed by atoms with Crippen LogP contribution in [-0.2, 0) is 10.1 Å². The van der Waals surface area contributed by atoms with Gasteiger partial charge in [0.2, 0.25) is 0 Å². The maximum absolute atomic E-state index is 10.5. The van der Waals surface area contributed by atoms with E-state index in [1.54, 1.807) is 12.1 Å². The van der Waals surface area contributed by atoms with Crippen LogP contribution in [0.1, 0.15) is 16.7 Å². The topological polar surface area (TPSA) is 54.4 Å². The number of aryl methyl sites for hydroxylation is 3. The van der Waals surface area contributed by atoms with Crippen LogP contribution in [0.5, 0.6) is 0 Å². The summed E-state index contributed by atoms with van der Waals surface area (Å²) < 4.78 is 31.1. The smallest absolute Gasteiger partial charge is 0.282 e. The van der Waals surface area contributed by atoms with Crippen LogP contribution in [0.15, 0.2) is 47.4 Å². The molecule has 0 fully saturated rings. The summed E-state index contributed by atoms with van der Waals surface area (Å²) in [5.74, 6) is 0. The van der Waals surface area contributed by atoms with Crippen molar-refractivity contribution in [1.82, 2.24) is 0 Å². The van der Waals surface area contributed by atoms with Crippen molar-refractivity contribution in [2.45, 2.75) is 25.7 Å². The Morgan fingerprint density at radius 1 is 0.900 bits per heavy atom. The first-order valence-electron chi connectivity index (χ1n) is 6.28. The number of benzene rings is 2. The predicted molar refractivity (Wildman–Crippen MR) is 82.3 cm³/mol. The summed E-state index contributed by atoms with van der Waals surface area (Å²) in [7, 11) is -4.02. The summed E-state index contributed by atoms with van der Waals surface area (Å²) in [5.41, 5.74) is 3.77. The zero-order valence-electron chi connectivity index (χ0n) is 12.2. The molecule has 1 N–H and O–H groups in total. The van der Waals surface area contributed by atoms with E-state index in [1.807, 2.05) is 6.92 Å². The van der Waals surface area contributed by atoms with Crippen molar-refractivity contribution in [1.29, 1.82) is 0 Å². The maximum atomic E-state index is 10.5. The van der Waals surface area contributed by atoms with Crippen LogP contribution in [-0.4, -0.2) is 40.9 Å². The van der Waals surface area contributed by atoms with E-state index in [0.717, 1.165) is 5.56 Å². The number of hydrogen-bond donors (Lipinski definition) is 1. The first-order chi connectivity index (χ1) is 9.20. The van der Waals surface area contributed by atoms with Crippen LogP contribution in [0.4, 0.5) is 0 Å². The average molecular weight is 300 g/mol. The summed E-state index contributed by atoms with van der Waals surface area (Å²) in [6, 6.07) is 12.6. The molecule has 2 aromatic carbocycles. The van der Waals surface area contributed by atoms with Crippen molar-refractivity contribution in [2.24, 2.45) is 0 Å². The summed E-state index contributed by atoms with van der Waals surface area (Å²) in [4.78, 5) is -0.0666. The Balaban J connectivity index is 0.000000204. The standard InChI is InChI=1S/C8H9.C7H8O3S.Na/c1-7-3-5-8(2)6-4-7;1-6-2-4-7(5-3-6)11(8,9)10;/h3-5H,1-2H3;2-5H,1H3,(H,8,9,10);. The van der Waals surface area contributed by atoms with Gasteiger partial charge in [-0.05, 0) is 19.1 Å². The molecule has 20 heavy (non-hydrogen) atoms. The van der Waals surface area contributed by atoms with Gasteiger partial charge >= 0.3 is 73.9 Å². The molecule has 0 amide bonds. The van der Waals surface area contributed by atoms with Gasteiger partial charge in [-0.3, -0.25) is 4.55 Å². The Bertz CT molecular complexity index is 677. The van der Waals surface area contributed by atoms with Crippen LogP contribution in [0.3, 0.4) is 0 Å². The monoisotopic (exact) mass is 300 g/mol. The van der Waals surface area contributed by atoms with Crippen LogP contribution in [0, 0.1) is 20.8 Å². The van der Waals surface area contributed by atoms with Gasteiger partial charge < -0.3 is 0 Å². The normalized spacial score (nSPS) is 10.7. The predicted octanol–water partition coefficient (Wildman–Crippen LogP) is 2.34. The fourth-order valence-corrected chi connectivity index (χ4v) is 2.70. The second kappa shape index (κ2) is 7.38. The van der Waals surface area contributed by atoms with Gasteiger partial charge in [0.05, 0.1) is 4.90 Å². The van der Waals surface area contributed by atoms with E-state index in [9.17, 15) is 8.42 Å². The van der Waals surface area contributed by atoms with Crippen molar-refractivity contribution >= 4 is 40.9 Å². The third kappa shape index (κ3) is 5.77. The van der Waals surface area contributed by atoms with Gasteiger partial charge in [-0.2, -0.15) is 8.42 Å². The van der Waals surface area contributed by atoms with Gasteiger partial charge in [-0.1, -0.05) is 17.7 Å². The third-order valence-electron chi connectivity index (χ3n) is 2.98. The Hall–Kier alpha value is -0.650. The van der Waals surface area contributed by atoms with E-state index in [4.69, 9.17) is 4.55 Å². The third-order valence-corrected chi connectivity index (χ3v) is 4.93. The number of rotatable bonds is 1. The molecule has 2 aromatic rings. The van der Waals surface area contributed by atoms with Gasteiger partial charge in [-0.25, -0.2) is 0 Å². The molecule has 0 bridgehead atoms. The van der Waals surface area contributed by atoms with Crippen LogP contribution in [0.25, 0.3) is 0 Å². The Kier molecular flexibility index (Phi) is 6.43. The van der Waals surface area contributed by atoms with Gasteiger partial charge in [0.25, 0.3) is 10.1 Å². The minimum absolute atomic E-state index is 0.0666. The summed E-state index contributed by atoms with van der Waals surface area (Å²) in [5, 5.41) is 0. The average Bonchev–Trinajstić information content (AvgIpc) is 2.34. The van der Waals surface area contributed by atoms with Gasteiger partial charge in [0.15, 0.2) is 0 Å². The largest absolute Gasteiger partial charge is 0.294 e. The van der Waals surface area contributed by atoms with Crippen LogP contribution < -0.4 is 2.81 Å². The van der Waals surface area contributed by atoms with Gasteiger partial charge in [0.1, 0.15) is 0 Å². The Labute approximate surface area is 138 Å². The Morgan fingerprint density at radius 2 is 1.40 bits per heavy atom. The van der Waals surface area contributed by atoms with Crippen LogP contribution in [0.2, 0.25) is 0 Å². The molecular formula is C15H17NaO3S. The summed E-state index contributed by atoms with van der Waals surface area (Å²) in [6.45, 7) is 6.15. The van der Waals surface area contributed by atoms with E-state index < -0.39 is 10.1 Å². The molecule has 0 saturated carbocycles. The molecule has 0 aliphatic carbocycles. The van der Waals surface area contributed by atoms with E-state index in [-0.39, 0.29) is 4.90 Å². The second-order valence-electron chi connectivity index (χ2n) is 4.88. The first kappa shape index (κ1) is 17.4.